The van der Waals surface area contributed by atoms with Crippen LogP contribution in [0.4, 0.5) is 0 Å². The number of aromatic nitrogens is 1. The summed E-state index contributed by atoms with van der Waals surface area (Å²) in [6.07, 6.45) is 3.01. The van der Waals surface area contributed by atoms with Crippen LogP contribution in [0.25, 0.3) is 11.1 Å². The number of hydrogen-bond donors (Lipinski definition) is 2. The summed E-state index contributed by atoms with van der Waals surface area (Å²) in [6.45, 7) is 2.25. The Kier molecular flexibility index (Phi) is 4.07. The third kappa shape index (κ3) is 3.06. The molecule has 1 fully saturated rings. The number of sulfonamides is 1. The molecule has 1 aliphatic carbocycles. The highest BCUT2D eigenvalue weighted by Gasteiger charge is 2.32. The molecule has 0 saturated heterocycles. The van der Waals surface area contributed by atoms with Gasteiger partial charge in [0.25, 0.3) is 0 Å². The summed E-state index contributed by atoms with van der Waals surface area (Å²) < 4.78 is 33.7. The number of rotatable bonds is 5. The molecule has 126 valence electrons. The molecule has 0 aliphatic heterocycles. The lowest BCUT2D eigenvalue weighted by molar-refractivity contribution is 0.0532. The Bertz CT molecular complexity index is 875. The van der Waals surface area contributed by atoms with Crippen molar-refractivity contribution in [3.63, 3.8) is 0 Å². The first-order chi connectivity index (χ1) is 10.8. The van der Waals surface area contributed by atoms with E-state index >= 15 is 0 Å². The average molecular weight is 340 g/mol. The minimum atomic E-state index is -3.77. The molecule has 8 heteroatoms. The third-order valence-electron chi connectivity index (χ3n) is 4.39. The standard InChI is InChI=1S/C15H20N2O5S/c1-2-17-12-6-5-11(9-13(12)22-14(17)18)23(20,21)16-10-15(19)7-3-4-8-15/h5-6,9,16,19H,2-4,7-8,10H2,1H3. The van der Waals surface area contributed by atoms with Crippen molar-refractivity contribution in [2.75, 3.05) is 6.54 Å². The Morgan fingerprint density at radius 1 is 1.35 bits per heavy atom. The molecule has 2 aromatic rings. The molecule has 0 amide bonds. The van der Waals surface area contributed by atoms with Gasteiger partial charge in [0, 0.05) is 19.2 Å². The fourth-order valence-corrected chi connectivity index (χ4v) is 4.17. The number of aliphatic hydroxyl groups is 1. The zero-order chi connectivity index (χ0) is 16.7. The summed E-state index contributed by atoms with van der Waals surface area (Å²) in [5.41, 5.74) is -0.167. The highest BCUT2D eigenvalue weighted by molar-refractivity contribution is 7.89. The van der Waals surface area contributed by atoms with Gasteiger partial charge in [-0.15, -0.1) is 0 Å². The molecule has 23 heavy (non-hydrogen) atoms. The lowest BCUT2D eigenvalue weighted by Gasteiger charge is -2.22. The third-order valence-corrected chi connectivity index (χ3v) is 5.79. The summed E-state index contributed by atoms with van der Waals surface area (Å²) in [7, 11) is -3.77. The fourth-order valence-electron chi connectivity index (χ4n) is 3.04. The van der Waals surface area contributed by atoms with Crippen LogP contribution in [-0.4, -0.2) is 30.2 Å². The van der Waals surface area contributed by atoms with E-state index in [-0.39, 0.29) is 17.0 Å². The lowest BCUT2D eigenvalue weighted by Crippen LogP contribution is -2.40. The fraction of sp³-hybridized carbons (Fsp3) is 0.533. The van der Waals surface area contributed by atoms with E-state index in [2.05, 4.69) is 4.72 Å². The minimum absolute atomic E-state index is 0.00666. The van der Waals surface area contributed by atoms with Gasteiger partial charge in [0.05, 0.1) is 16.0 Å². The van der Waals surface area contributed by atoms with Crippen molar-refractivity contribution in [2.45, 2.75) is 49.6 Å². The van der Waals surface area contributed by atoms with Gasteiger partial charge in [0.1, 0.15) is 0 Å². The van der Waals surface area contributed by atoms with E-state index in [0.717, 1.165) is 12.8 Å². The van der Waals surface area contributed by atoms with Gasteiger partial charge >= 0.3 is 5.76 Å². The van der Waals surface area contributed by atoms with Crippen LogP contribution in [-0.2, 0) is 16.6 Å². The first-order valence-electron chi connectivity index (χ1n) is 7.70. The van der Waals surface area contributed by atoms with E-state index in [0.29, 0.717) is 24.9 Å². The van der Waals surface area contributed by atoms with Crippen molar-refractivity contribution in [3.05, 3.63) is 28.7 Å². The number of fused-ring (bicyclic) bond motifs is 1. The Morgan fingerprint density at radius 3 is 2.70 bits per heavy atom. The van der Waals surface area contributed by atoms with Crippen molar-refractivity contribution in [1.82, 2.24) is 9.29 Å². The van der Waals surface area contributed by atoms with Gasteiger partial charge in [0.15, 0.2) is 5.58 Å². The van der Waals surface area contributed by atoms with Crippen LogP contribution < -0.4 is 10.5 Å². The zero-order valence-electron chi connectivity index (χ0n) is 12.9. The monoisotopic (exact) mass is 340 g/mol. The minimum Gasteiger partial charge on any atom is -0.408 e. The van der Waals surface area contributed by atoms with Crippen molar-refractivity contribution in [1.29, 1.82) is 0 Å². The normalized spacial score (nSPS) is 17.8. The van der Waals surface area contributed by atoms with Crippen LogP contribution in [0.15, 0.2) is 32.3 Å². The SMILES string of the molecule is CCn1c(=O)oc2cc(S(=O)(=O)NCC3(O)CCCC3)ccc21. The molecular weight excluding hydrogens is 320 g/mol. The number of hydrogen-bond acceptors (Lipinski definition) is 5. The molecule has 7 nitrogen and oxygen atoms in total. The van der Waals surface area contributed by atoms with E-state index in [4.69, 9.17) is 4.42 Å². The molecular formula is C15H20N2O5S. The van der Waals surface area contributed by atoms with E-state index in [1.54, 1.807) is 6.07 Å². The van der Waals surface area contributed by atoms with Gasteiger partial charge in [-0.2, -0.15) is 0 Å². The summed E-state index contributed by atoms with van der Waals surface area (Å²) in [4.78, 5) is 11.7. The summed E-state index contributed by atoms with van der Waals surface area (Å²) >= 11 is 0. The molecule has 1 heterocycles. The second-order valence-corrected chi connectivity index (χ2v) is 7.76. The topological polar surface area (TPSA) is 102 Å². The van der Waals surface area contributed by atoms with Crippen LogP contribution in [0.2, 0.25) is 0 Å². The number of oxazole rings is 1. The first kappa shape index (κ1) is 16.2. The van der Waals surface area contributed by atoms with E-state index in [9.17, 15) is 18.3 Å². The maximum Gasteiger partial charge on any atom is 0.419 e. The second-order valence-electron chi connectivity index (χ2n) is 6.00. The highest BCUT2D eigenvalue weighted by atomic mass is 32.2. The van der Waals surface area contributed by atoms with Crippen molar-refractivity contribution in [2.24, 2.45) is 0 Å². The van der Waals surface area contributed by atoms with Gasteiger partial charge in [-0.1, -0.05) is 12.8 Å². The molecule has 0 radical (unpaired) electrons. The lowest BCUT2D eigenvalue weighted by atomic mass is 10.0. The van der Waals surface area contributed by atoms with Crippen LogP contribution in [0.1, 0.15) is 32.6 Å². The van der Waals surface area contributed by atoms with Crippen LogP contribution in [0.3, 0.4) is 0 Å². The first-order valence-corrected chi connectivity index (χ1v) is 9.18. The Hall–Kier alpha value is -1.64. The van der Waals surface area contributed by atoms with E-state index in [1.165, 1.54) is 16.7 Å². The molecule has 1 aromatic heterocycles. The molecule has 0 spiro atoms. The molecule has 2 N–H and O–H groups in total. The number of aryl methyl sites for hydroxylation is 1. The number of benzene rings is 1. The van der Waals surface area contributed by atoms with E-state index in [1.807, 2.05) is 6.92 Å². The highest BCUT2D eigenvalue weighted by Crippen LogP contribution is 2.29. The largest absolute Gasteiger partial charge is 0.419 e. The van der Waals surface area contributed by atoms with Crippen LogP contribution in [0.5, 0.6) is 0 Å². The zero-order valence-corrected chi connectivity index (χ0v) is 13.7. The van der Waals surface area contributed by atoms with Crippen LogP contribution >= 0.6 is 0 Å². The van der Waals surface area contributed by atoms with Gasteiger partial charge in [-0.25, -0.2) is 17.9 Å². The Labute approximate surface area is 134 Å². The molecule has 0 unspecified atom stereocenters. The summed E-state index contributed by atoms with van der Waals surface area (Å²) in [6, 6.07) is 4.33. The Morgan fingerprint density at radius 2 is 2.04 bits per heavy atom. The molecule has 1 aromatic carbocycles. The molecule has 3 rings (SSSR count). The average Bonchev–Trinajstić information content (AvgIpc) is 3.07. The van der Waals surface area contributed by atoms with Crippen molar-refractivity contribution < 1.29 is 17.9 Å². The summed E-state index contributed by atoms with van der Waals surface area (Å²) in [5, 5.41) is 10.3. The van der Waals surface area contributed by atoms with Gasteiger partial charge in [-0.3, -0.25) is 4.57 Å². The summed E-state index contributed by atoms with van der Waals surface area (Å²) in [5.74, 6) is -0.509. The number of nitrogens with one attached hydrogen (secondary N) is 1. The predicted molar refractivity (Wildman–Crippen MR) is 84.8 cm³/mol. The maximum absolute atomic E-state index is 12.4. The van der Waals surface area contributed by atoms with Gasteiger partial charge in [0.2, 0.25) is 10.0 Å². The molecule has 0 atom stereocenters. The second kappa shape index (κ2) is 5.77. The van der Waals surface area contributed by atoms with Gasteiger partial charge in [-0.05, 0) is 31.9 Å². The van der Waals surface area contributed by atoms with Gasteiger partial charge < -0.3 is 9.52 Å². The van der Waals surface area contributed by atoms with Crippen molar-refractivity contribution in [3.8, 4) is 0 Å². The maximum atomic E-state index is 12.4. The Balaban J connectivity index is 1.87. The molecule has 0 bridgehead atoms. The smallest absolute Gasteiger partial charge is 0.408 e. The number of nitrogens with zero attached hydrogens (tertiary/aromatic N) is 1. The molecule has 1 aliphatic rings. The van der Waals surface area contributed by atoms with E-state index < -0.39 is 21.4 Å². The van der Waals surface area contributed by atoms with Crippen LogP contribution in [0, 0.1) is 0 Å². The molecule has 1 saturated carbocycles. The quantitative estimate of drug-likeness (QED) is 0.851. The predicted octanol–water partition coefficient (Wildman–Crippen LogP) is 1.20. The van der Waals surface area contributed by atoms with Crippen molar-refractivity contribution >= 4 is 21.1 Å².